The van der Waals surface area contributed by atoms with E-state index in [-0.39, 0.29) is 13.2 Å². The molecule has 0 fully saturated rings. The molecule has 2 nitrogen and oxygen atoms in total. The molecule has 0 saturated carbocycles. The molecule has 0 atom stereocenters. The minimum Gasteiger partial charge on any atom is -0.396 e. The summed E-state index contributed by atoms with van der Waals surface area (Å²) in [7, 11) is 0. The van der Waals surface area contributed by atoms with Crippen molar-refractivity contribution in [2.75, 3.05) is 13.2 Å². The zero-order valence-corrected chi connectivity index (χ0v) is 9.45. The molecule has 0 aromatic heterocycles. The highest BCUT2D eigenvalue weighted by Crippen LogP contribution is 1.83. The van der Waals surface area contributed by atoms with Crippen molar-refractivity contribution in [3.8, 4) is 0 Å². The van der Waals surface area contributed by atoms with Crippen LogP contribution in [0.2, 0.25) is 0 Å². The summed E-state index contributed by atoms with van der Waals surface area (Å²) in [5.41, 5.74) is 0. The van der Waals surface area contributed by atoms with Crippen LogP contribution >= 0.6 is 0 Å². The van der Waals surface area contributed by atoms with E-state index in [1.54, 1.807) is 0 Å². The average Bonchev–Trinajstić information content (AvgIpc) is 2.21. The van der Waals surface area contributed by atoms with Gasteiger partial charge in [0, 0.05) is 13.2 Å². The standard InChI is InChI=1S/2C6H12O/c2*1-2-3-4-5-6-7/h2*3-4,7H,2,5-6H2,1H3/b2*4-3+. The third-order valence-electron chi connectivity index (χ3n) is 1.40. The Kier molecular flexibility index (Phi) is 20.7. The molecule has 0 rings (SSSR count). The van der Waals surface area contributed by atoms with Crippen LogP contribution in [0.4, 0.5) is 0 Å². The van der Waals surface area contributed by atoms with Gasteiger partial charge < -0.3 is 10.2 Å². The quantitative estimate of drug-likeness (QED) is 0.647. The molecule has 0 aliphatic heterocycles. The van der Waals surface area contributed by atoms with Crippen LogP contribution in [0.25, 0.3) is 0 Å². The summed E-state index contributed by atoms with van der Waals surface area (Å²) >= 11 is 0. The summed E-state index contributed by atoms with van der Waals surface area (Å²) in [5.74, 6) is 0. The Hall–Kier alpha value is -0.600. The van der Waals surface area contributed by atoms with E-state index in [1.165, 1.54) is 0 Å². The second-order valence-electron chi connectivity index (χ2n) is 2.78. The largest absolute Gasteiger partial charge is 0.396 e. The zero-order chi connectivity index (χ0) is 11.1. The molecule has 0 spiro atoms. The summed E-state index contributed by atoms with van der Waals surface area (Å²) < 4.78 is 0. The van der Waals surface area contributed by atoms with Crippen molar-refractivity contribution >= 4 is 0 Å². The number of hydrogen-bond donors (Lipinski definition) is 2. The van der Waals surface area contributed by atoms with Gasteiger partial charge >= 0.3 is 0 Å². The molecule has 0 aliphatic carbocycles. The number of allylic oxidation sites excluding steroid dienone is 2. The molecule has 2 N–H and O–H groups in total. The molecule has 2 heteroatoms. The lowest BCUT2D eigenvalue weighted by Gasteiger charge is -1.79. The maximum absolute atomic E-state index is 8.24. The molecule has 0 saturated heterocycles. The first-order valence-electron chi connectivity index (χ1n) is 5.35. The summed E-state index contributed by atoms with van der Waals surface area (Å²) in [6.07, 6.45) is 11.8. The van der Waals surface area contributed by atoms with Crippen molar-refractivity contribution in [3.63, 3.8) is 0 Å². The van der Waals surface area contributed by atoms with Crippen LogP contribution < -0.4 is 0 Å². The van der Waals surface area contributed by atoms with Gasteiger partial charge in [-0.1, -0.05) is 38.2 Å². The van der Waals surface area contributed by atoms with Crippen molar-refractivity contribution in [1.82, 2.24) is 0 Å². The van der Waals surface area contributed by atoms with Crippen LogP contribution in [0.3, 0.4) is 0 Å². The first kappa shape index (κ1) is 15.9. The summed E-state index contributed by atoms with van der Waals surface area (Å²) in [4.78, 5) is 0. The van der Waals surface area contributed by atoms with Gasteiger partial charge in [0.2, 0.25) is 0 Å². The second-order valence-corrected chi connectivity index (χ2v) is 2.78. The molecule has 0 bridgehead atoms. The normalized spacial score (nSPS) is 10.6. The number of hydrogen-bond acceptors (Lipinski definition) is 2. The fraction of sp³-hybridized carbons (Fsp3) is 0.667. The lowest BCUT2D eigenvalue weighted by atomic mass is 10.3. The highest BCUT2D eigenvalue weighted by Gasteiger charge is 1.69. The number of rotatable bonds is 6. The van der Waals surface area contributed by atoms with E-state index < -0.39 is 0 Å². The van der Waals surface area contributed by atoms with Gasteiger partial charge in [-0.3, -0.25) is 0 Å². The van der Waals surface area contributed by atoms with E-state index in [0.29, 0.717) is 0 Å². The van der Waals surface area contributed by atoms with Crippen molar-refractivity contribution < 1.29 is 10.2 Å². The van der Waals surface area contributed by atoms with Crippen LogP contribution in [0.15, 0.2) is 24.3 Å². The Bertz CT molecular complexity index is 112. The van der Waals surface area contributed by atoms with E-state index in [2.05, 4.69) is 26.0 Å². The summed E-state index contributed by atoms with van der Waals surface area (Å²) in [6.45, 7) is 4.70. The van der Waals surface area contributed by atoms with Crippen LogP contribution in [-0.4, -0.2) is 23.4 Å². The third-order valence-corrected chi connectivity index (χ3v) is 1.40. The van der Waals surface area contributed by atoms with Gasteiger partial charge in [0.25, 0.3) is 0 Å². The average molecular weight is 200 g/mol. The Labute approximate surface area is 88.0 Å². The topological polar surface area (TPSA) is 40.5 Å². The summed E-state index contributed by atoms with van der Waals surface area (Å²) in [6, 6.07) is 0. The smallest absolute Gasteiger partial charge is 0.0465 e. The van der Waals surface area contributed by atoms with Crippen LogP contribution in [0.1, 0.15) is 39.5 Å². The van der Waals surface area contributed by atoms with Crippen molar-refractivity contribution in [3.05, 3.63) is 24.3 Å². The van der Waals surface area contributed by atoms with Crippen LogP contribution in [-0.2, 0) is 0 Å². The van der Waals surface area contributed by atoms with Crippen molar-refractivity contribution in [1.29, 1.82) is 0 Å². The van der Waals surface area contributed by atoms with E-state index in [0.717, 1.165) is 25.7 Å². The lowest BCUT2D eigenvalue weighted by molar-refractivity contribution is 0.302. The Balaban J connectivity index is 0. The molecule has 0 aromatic carbocycles. The molecule has 14 heavy (non-hydrogen) atoms. The fourth-order valence-electron chi connectivity index (χ4n) is 0.718. The van der Waals surface area contributed by atoms with Gasteiger partial charge in [-0.15, -0.1) is 0 Å². The SMILES string of the molecule is CC/C=C/CCO.CC/C=C/CCO. The molecule has 0 aromatic rings. The van der Waals surface area contributed by atoms with E-state index >= 15 is 0 Å². The van der Waals surface area contributed by atoms with Gasteiger partial charge in [0.15, 0.2) is 0 Å². The molecule has 0 radical (unpaired) electrons. The molecule has 0 amide bonds. The maximum Gasteiger partial charge on any atom is 0.0465 e. The summed E-state index contributed by atoms with van der Waals surface area (Å²) in [5, 5.41) is 16.5. The maximum atomic E-state index is 8.24. The number of aliphatic hydroxyl groups excluding tert-OH is 2. The Morgan fingerprint density at radius 1 is 0.714 bits per heavy atom. The predicted molar refractivity (Wildman–Crippen MR) is 62.3 cm³/mol. The van der Waals surface area contributed by atoms with Gasteiger partial charge in [-0.05, 0) is 25.7 Å². The molecule has 0 aliphatic rings. The Morgan fingerprint density at radius 2 is 1.07 bits per heavy atom. The minimum atomic E-state index is 0.274. The van der Waals surface area contributed by atoms with Gasteiger partial charge in [0.05, 0.1) is 0 Å². The fourth-order valence-corrected chi connectivity index (χ4v) is 0.718. The molecular formula is C12H24O2. The number of aliphatic hydroxyl groups is 2. The second kappa shape index (κ2) is 18.2. The van der Waals surface area contributed by atoms with Crippen LogP contribution in [0, 0.1) is 0 Å². The van der Waals surface area contributed by atoms with Crippen molar-refractivity contribution in [2.45, 2.75) is 39.5 Å². The first-order chi connectivity index (χ1) is 6.83. The molecular weight excluding hydrogens is 176 g/mol. The van der Waals surface area contributed by atoms with E-state index in [9.17, 15) is 0 Å². The lowest BCUT2D eigenvalue weighted by Crippen LogP contribution is -1.73. The minimum absolute atomic E-state index is 0.274. The molecule has 0 unspecified atom stereocenters. The molecule has 84 valence electrons. The van der Waals surface area contributed by atoms with E-state index in [4.69, 9.17) is 10.2 Å². The van der Waals surface area contributed by atoms with Gasteiger partial charge in [0.1, 0.15) is 0 Å². The predicted octanol–water partition coefficient (Wildman–Crippen LogP) is 2.67. The molecule has 0 heterocycles. The first-order valence-corrected chi connectivity index (χ1v) is 5.35. The highest BCUT2D eigenvalue weighted by molar-refractivity contribution is 4.79. The third kappa shape index (κ3) is 22.5. The van der Waals surface area contributed by atoms with Gasteiger partial charge in [-0.2, -0.15) is 0 Å². The van der Waals surface area contributed by atoms with Crippen molar-refractivity contribution in [2.24, 2.45) is 0 Å². The monoisotopic (exact) mass is 200 g/mol. The Morgan fingerprint density at radius 3 is 1.29 bits per heavy atom. The highest BCUT2D eigenvalue weighted by atomic mass is 16.3. The van der Waals surface area contributed by atoms with Gasteiger partial charge in [-0.25, -0.2) is 0 Å². The van der Waals surface area contributed by atoms with Crippen LogP contribution in [0.5, 0.6) is 0 Å². The van der Waals surface area contributed by atoms with E-state index in [1.807, 2.05) is 12.2 Å². The zero-order valence-electron chi connectivity index (χ0n) is 9.45.